The van der Waals surface area contributed by atoms with E-state index in [0.717, 1.165) is 5.56 Å². The number of hydrogen-bond acceptors (Lipinski definition) is 7. The molecular weight excluding hydrogens is 388 g/mol. The number of nitrogens with zero attached hydrogens (tertiary/aromatic N) is 3. The molecule has 0 radical (unpaired) electrons. The third kappa shape index (κ3) is 4.22. The predicted octanol–water partition coefficient (Wildman–Crippen LogP) is 1.49. The van der Waals surface area contributed by atoms with Gasteiger partial charge < -0.3 is 29.0 Å². The van der Waals surface area contributed by atoms with E-state index in [9.17, 15) is 14.9 Å². The number of nitriles is 1. The lowest BCUT2D eigenvalue weighted by Crippen LogP contribution is -2.47. The van der Waals surface area contributed by atoms with Crippen LogP contribution in [0.25, 0.3) is 0 Å². The maximum absolute atomic E-state index is 12.4. The number of benzene rings is 1. The average molecular weight is 408 g/mol. The standard InChI is InChI=1S/C21H20N4O5/c22-11-16(20(26)23-12-15-3-4-17-19(10-15)30-14-29-17)13-24-5-7-25(8-6-24)21(27)18-2-1-9-28-18/h1-4,9-10,13H,5-8,12,14H2,(H,23,26)/b16-13-. The lowest BCUT2D eigenvalue weighted by molar-refractivity contribution is -0.117. The SMILES string of the molecule is N#C/C(=C/N1CCN(C(=O)c2ccco2)CC1)C(=O)NCc1ccc2c(c1)OCO2. The Morgan fingerprint density at radius 2 is 1.93 bits per heavy atom. The minimum atomic E-state index is -0.454. The summed E-state index contributed by atoms with van der Waals surface area (Å²) >= 11 is 0. The fourth-order valence-corrected chi connectivity index (χ4v) is 3.26. The normalized spacial score (nSPS) is 15.6. The molecule has 0 aliphatic carbocycles. The lowest BCUT2D eigenvalue weighted by Gasteiger charge is -2.33. The quantitative estimate of drug-likeness (QED) is 0.590. The number of fused-ring (bicyclic) bond motifs is 1. The third-order valence-electron chi connectivity index (χ3n) is 4.90. The maximum Gasteiger partial charge on any atom is 0.289 e. The molecule has 154 valence electrons. The van der Waals surface area contributed by atoms with Gasteiger partial charge in [0.15, 0.2) is 17.3 Å². The number of carbonyl (C=O) groups excluding carboxylic acids is 2. The van der Waals surface area contributed by atoms with Gasteiger partial charge in [0.25, 0.3) is 11.8 Å². The molecule has 0 bridgehead atoms. The molecule has 0 spiro atoms. The van der Waals surface area contributed by atoms with Crippen molar-refractivity contribution >= 4 is 11.8 Å². The summed E-state index contributed by atoms with van der Waals surface area (Å²) in [5, 5.41) is 12.1. The number of hydrogen-bond donors (Lipinski definition) is 1. The van der Waals surface area contributed by atoms with Crippen molar-refractivity contribution in [3.63, 3.8) is 0 Å². The fraction of sp³-hybridized carbons (Fsp3) is 0.286. The van der Waals surface area contributed by atoms with Crippen molar-refractivity contribution in [2.45, 2.75) is 6.54 Å². The van der Waals surface area contributed by atoms with Crippen LogP contribution in [0.4, 0.5) is 0 Å². The van der Waals surface area contributed by atoms with Gasteiger partial charge in [0, 0.05) is 38.9 Å². The van der Waals surface area contributed by atoms with Gasteiger partial charge in [0.1, 0.15) is 11.6 Å². The highest BCUT2D eigenvalue weighted by molar-refractivity contribution is 5.97. The first-order valence-electron chi connectivity index (χ1n) is 9.49. The van der Waals surface area contributed by atoms with Gasteiger partial charge >= 0.3 is 0 Å². The van der Waals surface area contributed by atoms with E-state index in [1.54, 1.807) is 35.4 Å². The topological polar surface area (TPSA) is 108 Å². The fourth-order valence-electron chi connectivity index (χ4n) is 3.26. The van der Waals surface area contributed by atoms with Crippen LogP contribution in [0.15, 0.2) is 52.8 Å². The van der Waals surface area contributed by atoms with Crippen LogP contribution < -0.4 is 14.8 Å². The van der Waals surface area contributed by atoms with E-state index < -0.39 is 5.91 Å². The number of rotatable bonds is 5. The Balaban J connectivity index is 1.30. The van der Waals surface area contributed by atoms with E-state index in [1.165, 1.54) is 6.26 Å². The first kappa shape index (κ1) is 19.4. The second kappa shape index (κ2) is 8.61. The van der Waals surface area contributed by atoms with Gasteiger partial charge in [-0.15, -0.1) is 0 Å². The second-order valence-corrected chi connectivity index (χ2v) is 6.83. The van der Waals surface area contributed by atoms with E-state index in [2.05, 4.69) is 5.32 Å². The Bertz CT molecular complexity index is 1000. The van der Waals surface area contributed by atoms with E-state index in [0.29, 0.717) is 43.4 Å². The number of amides is 2. The lowest BCUT2D eigenvalue weighted by atomic mass is 10.2. The van der Waals surface area contributed by atoms with Crippen molar-refractivity contribution < 1.29 is 23.5 Å². The maximum atomic E-state index is 12.4. The van der Waals surface area contributed by atoms with Gasteiger partial charge in [-0.2, -0.15) is 5.26 Å². The smallest absolute Gasteiger partial charge is 0.289 e. The van der Waals surface area contributed by atoms with Gasteiger partial charge in [-0.05, 0) is 29.8 Å². The van der Waals surface area contributed by atoms with Gasteiger partial charge in [0.2, 0.25) is 6.79 Å². The Hall–Kier alpha value is -3.93. The van der Waals surface area contributed by atoms with Crippen LogP contribution in [-0.2, 0) is 11.3 Å². The summed E-state index contributed by atoms with van der Waals surface area (Å²) in [5.41, 5.74) is 0.858. The first-order chi connectivity index (χ1) is 14.6. The average Bonchev–Trinajstić information content (AvgIpc) is 3.47. The Morgan fingerprint density at radius 1 is 1.13 bits per heavy atom. The summed E-state index contributed by atoms with van der Waals surface area (Å²) in [6.07, 6.45) is 3.01. The van der Waals surface area contributed by atoms with Crippen LogP contribution in [-0.4, -0.2) is 54.6 Å². The number of piperazine rings is 1. The monoisotopic (exact) mass is 408 g/mol. The van der Waals surface area contributed by atoms with Crippen molar-refractivity contribution in [3.05, 3.63) is 59.7 Å². The summed E-state index contributed by atoms with van der Waals surface area (Å²) < 4.78 is 15.7. The molecule has 2 aliphatic heterocycles. The molecule has 1 aromatic heterocycles. The van der Waals surface area contributed by atoms with Crippen LogP contribution in [0.5, 0.6) is 11.5 Å². The van der Waals surface area contributed by atoms with E-state index in [1.807, 2.05) is 17.0 Å². The zero-order valence-electron chi connectivity index (χ0n) is 16.2. The molecule has 2 aliphatic rings. The first-order valence-corrected chi connectivity index (χ1v) is 9.49. The molecule has 1 fully saturated rings. The summed E-state index contributed by atoms with van der Waals surface area (Å²) in [7, 11) is 0. The van der Waals surface area contributed by atoms with Crippen LogP contribution >= 0.6 is 0 Å². The molecular formula is C21H20N4O5. The van der Waals surface area contributed by atoms with Gasteiger partial charge in [-0.25, -0.2) is 0 Å². The molecule has 0 atom stereocenters. The summed E-state index contributed by atoms with van der Waals surface area (Å²) in [6, 6.07) is 10.7. The highest BCUT2D eigenvalue weighted by Crippen LogP contribution is 2.32. The van der Waals surface area contributed by atoms with E-state index in [-0.39, 0.29) is 24.8 Å². The summed E-state index contributed by atoms with van der Waals surface area (Å²) in [5.74, 6) is 1.00. The predicted molar refractivity (Wildman–Crippen MR) is 104 cm³/mol. The molecule has 9 nitrogen and oxygen atoms in total. The van der Waals surface area contributed by atoms with Crippen molar-refractivity contribution in [1.82, 2.24) is 15.1 Å². The highest BCUT2D eigenvalue weighted by Gasteiger charge is 2.23. The van der Waals surface area contributed by atoms with Crippen molar-refractivity contribution in [2.24, 2.45) is 0 Å². The molecule has 4 rings (SSSR count). The Labute approximate surface area is 173 Å². The van der Waals surface area contributed by atoms with Crippen LogP contribution in [0.3, 0.4) is 0 Å². The summed E-state index contributed by atoms with van der Waals surface area (Å²) in [4.78, 5) is 28.3. The van der Waals surface area contributed by atoms with Crippen LogP contribution in [0.2, 0.25) is 0 Å². The Kier molecular flexibility index (Phi) is 5.57. The molecule has 1 N–H and O–H groups in total. The number of nitrogens with one attached hydrogen (secondary N) is 1. The summed E-state index contributed by atoms with van der Waals surface area (Å²) in [6.45, 7) is 2.45. The molecule has 9 heteroatoms. The number of furan rings is 1. The van der Waals surface area contributed by atoms with Crippen molar-refractivity contribution in [3.8, 4) is 17.6 Å². The van der Waals surface area contributed by atoms with Crippen LogP contribution in [0.1, 0.15) is 16.1 Å². The molecule has 2 aromatic rings. The third-order valence-corrected chi connectivity index (χ3v) is 4.90. The molecule has 3 heterocycles. The molecule has 30 heavy (non-hydrogen) atoms. The van der Waals surface area contributed by atoms with Crippen LogP contribution in [0, 0.1) is 11.3 Å². The Morgan fingerprint density at radius 3 is 2.67 bits per heavy atom. The zero-order chi connectivity index (χ0) is 20.9. The molecule has 0 unspecified atom stereocenters. The molecule has 1 aromatic carbocycles. The highest BCUT2D eigenvalue weighted by atomic mass is 16.7. The number of carbonyl (C=O) groups is 2. The molecule has 1 saturated heterocycles. The molecule has 0 saturated carbocycles. The van der Waals surface area contributed by atoms with Gasteiger partial charge in [-0.3, -0.25) is 9.59 Å². The van der Waals surface area contributed by atoms with Crippen molar-refractivity contribution in [2.75, 3.05) is 33.0 Å². The minimum Gasteiger partial charge on any atom is -0.459 e. The van der Waals surface area contributed by atoms with Crippen molar-refractivity contribution in [1.29, 1.82) is 5.26 Å². The van der Waals surface area contributed by atoms with Gasteiger partial charge in [0.05, 0.1) is 6.26 Å². The van der Waals surface area contributed by atoms with E-state index in [4.69, 9.17) is 13.9 Å². The number of ether oxygens (including phenoxy) is 2. The largest absolute Gasteiger partial charge is 0.459 e. The zero-order valence-corrected chi connectivity index (χ0v) is 16.2. The van der Waals surface area contributed by atoms with E-state index >= 15 is 0 Å². The minimum absolute atomic E-state index is 0.0153. The van der Waals surface area contributed by atoms with Gasteiger partial charge in [-0.1, -0.05) is 6.07 Å². The molecule has 2 amide bonds. The second-order valence-electron chi connectivity index (χ2n) is 6.83.